The predicted octanol–water partition coefficient (Wildman–Crippen LogP) is 6.31. The summed E-state index contributed by atoms with van der Waals surface area (Å²) in [6.07, 6.45) is -2.38. The highest BCUT2D eigenvalue weighted by Crippen LogP contribution is 2.47. The molecule has 0 bridgehead atoms. The number of hydrogen-bond donors (Lipinski definition) is 0. The Morgan fingerprint density at radius 1 is 0.639 bits per heavy atom. The molecule has 1 aliphatic rings. The highest BCUT2D eigenvalue weighted by molar-refractivity contribution is 8.13. The van der Waals surface area contributed by atoms with Gasteiger partial charge in [-0.3, -0.25) is 0 Å². The molecule has 0 spiro atoms. The Morgan fingerprint density at radius 2 is 1.03 bits per heavy atom. The van der Waals surface area contributed by atoms with Gasteiger partial charge in [0.1, 0.15) is 0 Å². The number of quaternary nitrogens is 1. The largest absolute Gasteiger partial charge is 0.467 e. The molecular formula is C18H30F10N2O4S2. The van der Waals surface area contributed by atoms with Gasteiger partial charge in [-0.2, -0.15) is 43.9 Å². The first-order valence-electron chi connectivity index (χ1n) is 11.0. The van der Waals surface area contributed by atoms with Gasteiger partial charge in [-0.15, -0.1) is 0 Å². The Labute approximate surface area is 204 Å². The molecule has 0 radical (unpaired) electrons. The number of rotatable bonds is 11. The average molecular weight is 593 g/mol. The molecule has 6 nitrogen and oxygen atoms in total. The van der Waals surface area contributed by atoms with Crippen LogP contribution in [0.15, 0.2) is 0 Å². The molecule has 18 heteroatoms. The van der Waals surface area contributed by atoms with E-state index in [4.69, 9.17) is 0 Å². The van der Waals surface area contributed by atoms with E-state index in [0.29, 0.717) is 4.13 Å². The average Bonchev–Trinajstić information content (AvgIpc) is 2.72. The first-order chi connectivity index (χ1) is 16.0. The number of sulfonamides is 2. The number of unbranched alkanes of at least 4 members (excludes halogenated alkanes) is 4. The second-order valence-electron chi connectivity index (χ2n) is 8.36. The van der Waals surface area contributed by atoms with Crippen molar-refractivity contribution in [3.05, 3.63) is 4.13 Å². The topological polar surface area (TPSA) is 82.4 Å². The molecule has 1 aliphatic heterocycles. The van der Waals surface area contributed by atoms with Crippen molar-refractivity contribution < 1.29 is 65.2 Å². The van der Waals surface area contributed by atoms with Crippen molar-refractivity contribution in [2.45, 2.75) is 88.1 Å². The summed E-state index contributed by atoms with van der Waals surface area (Å²) in [6.45, 7) is 10.4. The summed E-state index contributed by atoms with van der Waals surface area (Å²) >= 11 is 0. The van der Waals surface area contributed by atoms with Crippen LogP contribution >= 0.6 is 0 Å². The molecule has 0 aromatic heterocycles. The van der Waals surface area contributed by atoms with E-state index in [1.54, 1.807) is 0 Å². The minimum Gasteiger partial charge on any atom is -0.425 e. The molecule has 0 amide bonds. The number of alkyl halides is 10. The van der Waals surface area contributed by atoms with Gasteiger partial charge in [0.25, 0.3) is 0 Å². The number of hydrogen-bond acceptors (Lipinski definition) is 4. The van der Waals surface area contributed by atoms with E-state index >= 15 is 0 Å². The molecule has 218 valence electrons. The molecule has 1 rings (SSSR count). The van der Waals surface area contributed by atoms with E-state index in [9.17, 15) is 60.7 Å². The monoisotopic (exact) mass is 592 g/mol. The smallest absolute Gasteiger partial charge is 0.425 e. The zero-order valence-corrected chi connectivity index (χ0v) is 21.2. The quantitative estimate of drug-likeness (QED) is 0.160. The molecule has 0 aromatic rings. The first kappa shape index (κ1) is 35.1. The van der Waals surface area contributed by atoms with Gasteiger partial charge in [0, 0.05) is 0 Å². The minimum absolute atomic E-state index is 0.422. The molecule has 1 saturated heterocycles. The molecule has 0 unspecified atom stereocenters. The minimum atomic E-state index is -7.62. The highest BCUT2D eigenvalue weighted by Gasteiger charge is 2.68. The van der Waals surface area contributed by atoms with E-state index in [2.05, 4.69) is 13.8 Å². The molecule has 0 N–H and O–H groups in total. The lowest BCUT2D eigenvalue weighted by Gasteiger charge is -2.41. The van der Waals surface area contributed by atoms with Gasteiger partial charge in [0.05, 0.1) is 26.2 Å². The lowest BCUT2D eigenvalue weighted by atomic mass is 10.1. The zero-order chi connectivity index (χ0) is 28.7. The lowest BCUT2D eigenvalue weighted by Crippen LogP contribution is -2.51. The van der Waals surface area contributed by atoms with Crippen LogP contribution in [0.1, 0.15) is 65.2 Å². The molecule has 36 heavy (non-hydrogen) atoms. The summed E-state index contributed by atoms with van der Waals surface area (Å²) in [5, 5.41) is -14.0. The van der Waals surface area contributed by atoms with Crippen LogP contribution in [0.25, 0.3) is 4.13 Å². The summed E-state index contributed by atoms with van der Waals surface area (Å²) in [7, 11) is -15.2. The Balaban J connectivity index is 0.000000717. The number of halogens is 10. The van der Waals surface area contributed by atoms with Gasteiger partial charge in [0.2, 0.25) is 0 Å². The summed E-state index contributed by atoms with van der Waals surface area (Å²) in [5.74, 6) is 0. The van der Waals surface area contributed by atoms with E-state index in [1.165, 1.54) is 82.0 Å². The maximum Gasteiger partial charge on any atom is 0.467 e. The summed E-state index contributed by atoms with van der Waals surface area (Å²) in [4.78, 5) is 0. The Hall–Kier alpha value is -0.880. The zero-order valence-electron chi connectivity index (χ0n) is 19.6. The molecule has 0 aromatic carbocycles. The van der Waals surface area contributed by atoms with Crippen LogP contribution in [0.5, 0.6) is 0 Å². The predicted molar refractivity (Wildman–Crippen MR) is 111 cm³/mol. The second-order valence-corrected chi connectivity index (χ2v) is 11.9. The van der Waals surface area contributed by atoms with Crippen molar-refractivity contribution in [2.75, 3.05) is 26.2 Å². The van der Waals surface area contributed by atoms with Crippen LogP contribution in [0.2, 0.25) is 0 Å². The molecule has 1 fully saturated rings. The van der Waals surface area contributed by atoms with Crippen molar-refractivity contribution in [3.63, 3.8) is 0 Å². The Morgan fingerprint density at radius 3 is 1.36 bits per heavy atom. The number of piperidine rings is 1. The van der Waals surface area contributed by atoms with Gasteiger partial charge >= 0.3 is 22.9 Å². The number of likely N-dealkylation sites (tertiary alicyclic amines) is 1. The molecule has 0 saturated carbocycles. The van der Waals surface area contributed by atoms with Crippen LogP contribution in [0.3, 0.4) is 0 Å². The molecular weight excluding hydrogens is 562 g/mol. The lowest BCUT2D eigenvalue weighted by molar-refractivity contribution is -0.931. The van der Waals surface area contributed by atoms with E-state index in [0.717, 1.165) is 0 Å². The van der Waals surface area contributed by atoms with E-state index in [1.807, 2.05) is 0 Å². The van der Waals surface area contributed by atoms with Crippen LogP contribution in [-0.2, 0) is 20.0 Å². The van der Waals surface area contributed by atoms with E-state index < -0.39 is 42.9 Å². The first-order valence-corrected chi connectivity index (χ1v) is 13.9. The second kappa shape index (κ2) is 12.8. The van der Waals surface area contributed by atoms with Crippen molar-refractivity contribution in [1.82, 2.24) is 0 Å². The van der Waals surface area contributed by atoms with Crippen LogP contribution < -0.4 is 0 Å². The SMILES string of the molecule is CCCCCCC[N+]1(CC)CCCCC1.O=S(=O)([N-]S(=O)(=O)C(F)(F)C(F)(F)F)C(F)(F)C(F)(F)F. The van der Waals surface area contributed by atoms with Gasteiger partial charge in [-0.05, 0) is 39.0 Å². The van der Waals surface area contributed by atoms with Crippen molar-refractivity contribution in [2.24, 2.45) is 0 Å². The van der Waals surface area contributed by atoms with Gasteiger partial charge in [-0.1, -0.05) is 26.2 Å². The third-order valence-electron chi connectivity index (χ3n) is 5.68. The van der Waals surface area contributed by atoms with Crippen molar-refractivity contribution in [1.29, 1.82) is 0 Å². The van der Waals surface area contributed by atoms with Crippen LogP contribution in [0.4, 0.5) is 43.9 Å². The van der Waals surface area contributed by atoms with Gasteiger partial charge in [-0.25, -0.2) is 16.8 Å². The summed E-state index contributed by atoms with van der Waals surface area (Å²) in [5.41, 5.74) is 0. The third kappa shape index (κ3) is 8.85. The Bertz CT molecular complexity index is 829. The Kier molecular flexibility index (Phi) is 12.5. The van der Waals surface area contributed by atoms with Gasteiger partial charge < -0.3 is 8.61 Å². The standard InChI is InChI=1S/C14H30N.C4F10NO4S2/c1-3-5-6-7-9-12-15(4-2)13-10-8-11-14-15;5-1(6,7)3(11,12)20(16,17)15-21(18,19)4(13,14)2(8,9)10/h3-14H2,1-2H3;/q+1;-1. The number of nitrogens with zero attached hydrogens (tertiary/aromatic N) is 2. The maximum atomic E-state index is 12.3. The fraction of sp³-hybridized carbons (Fsp3) is 1.00. The fourth-order valence-electron chi connectivity index (χ4n) is 3.45. The van der Waals surface area contributed by atoms with Crippen LogP contribution in [0, 0.1) is 0 Å². The van der Waals surface area contributed by atoms with E-state index in [-0.39, 0.29) is 0 Å². The molecule has 1 heterocycles. The summed E-state index contributed by atoms with van der Waals surface area (Å²) < 4.78 is 162. The summed E-state index contributed by atoms with van der Waals surface area (Å²) in [6, 6.07) is 0. The van der Waals surface area contributed by atoms with Crippen molar-refractivity contribution in [3.8, 4) is 0 Å². The fourth-order valence-corrected chi connectivity index (χ4v) is 5.81. The molecule has 0 aliphatic carbocycles. The maximum absolute atomic E-state index is 12.3. The van der Waals surface area contributed by atoms with Crippen molar-refractivity contribution >= 4 is 20.0 Å². The highest BCUT2D eigenvalue weighted by atomic mass is 32.3. The van der Waals surface area contributed by atoms with Gasteiger partial charge in [0.15, 0.2) is 20.0 Å². The van der Waals surface area contributed by atoms with Crippen LogP contribution in [-0.4, -0.2) is 70.4 Å². The third-order valence-corrected chi connectivity index (χ3v) is 9.00. The normalized spacial score (nSPS) is 17.9. The molecule has 0 atom stereocenters.